The van der Waals surface area contributed by atoms with E-state index in [0.29, 0.717) is 22.3 Å². The van der Waals surface area contributed by atoms with Crippen molar-refractivity contribution >= 4 is 23.1 Å². The number of ether oxygens (including phenoxy) is 2. The summed E-state index contributed by atoms with van der Waals surface area (Å²) in [4.78, 5) is 0. The van der Waals surface area contributed by atoms with Crippen LogP contribution < -0.4 is 17.8 Å². The van der Waals surface area contributed by atoms with Gasteiger partial charge >= 0.3 is 22.1 Å². The Bertz CT molecular complexity index is 1630. The molecule has 0 spiro atoms. The van der Waals surface area contributed by atoms with Gasteiger partial charge < -0.3 is 17.8 Å². The van der Waals surface area contributed by atoms with Crippen LogP contribution in [-0.4, -0.2) is 15.2 Å². The van der Waals surface area contributed by atoms with Gasteiger partial charge in [0, 0.05) is 28.8 Å². The van der Waals surface area contributed by atoms with E-state index in [-0.39, 0.29) is 23.0 Å². The molecule has 0 radical (unpaired) electrons. The van der Waals surface area contributed by atoms with E-state index in [1.54, 1.807) is 54.6 Å². The molecule has 3 unspecified atom stereocenters. The molecule has 212 valence electrons. The smallest absolute Gasteiger partial charge is 0.446 e. The molecule has 4 aromatic carbocycles. The monoisotopic (exact) mass is 610 g/mol. The molecule has 0 fully saturated rings. The highest BCUT2D eigenvalue weighted by Gasteiger charge is 2.70. The van der Waals surface area contributed by atoms with E-state index in [4.69, 9.17) is 13.7 Å². The van der Waals surface area contributed by atoms with Gasteiger partial charge in [-0.2, -0.15) is 26.3 Å². The molecule has 0 N–H and O–H groups in total. The molecule has 4 aromatic rings. The minimum Gasteiger partial charge on any atom is -0.446 e. The van der Waals surface area contributed by atoms with Crippen LogP contribution in [0.3, 0.4) is 0 Å². The summed E-state index contributed by atoms with van der Waals surface area (Å²) >= 11 is -4.28. The van der Waals surface area contributed by atoms with Gasteiger partial charge in [-0.1, -0.05) is 72.8 Å². The van der Waals surface area contributed by atoms with Gasteiger partial charge in [0.25, 0.3) is 5.79 Å². The quantitative estimate of drug-likeness (QED) is 0.164. The topological polar surface area (TPSA) is 54.0 Å². The second-order valence-electron chi connectivity index (χ2n) is 8.99. The number of halogens is 6. The van der Waals surface area contributed by atoms with Gasteiger partial charge in [-0.25, -0.2) is 4.21 Å². The summed E-state index contributed by atoms with van der Waals surface area (Å²) in [6.07, 6.45) is 0. The Morgan fingerprint density at radius 3 is 1.73 bits per heavy atom. The number of alkyl halides is 6. The SMILES string of the molecule is O=S(Oc1ccc2c(c1)OC1(c3ccccc3)Oc3cc(OSC(F)(F)F)ccc3C21c1ccccc1)C(F)(F)F. The van der Waals surface area contributed by atoms with Crippen molar-refractivity contribution in [2.45, 2.75) is 22.2 Å². The zero-order chi connectivity index (χ0) is 29.0. The summed E-state index contributed by atoms with van der Waals surface area (Å²) in [5.74, 6) is -1.86. The third-order valence-electron chi connectivity index (χ3n) is 6.67. The number of benzene rings is 4. The van der Waals surface area contributed by atoms with E-state index in [1.807, 2.05) is 12.1 Å². The fraction of sp³-hybridized carbons (Fsp3) is 0.143. The van der Waals surface area contributed by atoms with E-state index in [1.165, 1.54) is 30.3 Å². The average molecular weight is 611 g/mol. The Kier molecular flexibility index (Phi) is 6.42. The van der Waals surface area contributed by atoms with Crippen LogP contribution in [-0.2, 0) is 22.3 Å². The van der Waals surface area contributed by atoms with Crippen LogP contribution in [0.5, 0.6) is 23.0 Å². The summed E-state index contributed by atoms with van der Waals surface area (Å²) in [7, 11) is 0. The summed E-state index contributed by atoms with van der Waals surface area (Å²) in [5, 5.41) is 0. The first kappa shape index (κ1) is 27.3. The van der Waals surface area contributed by atoms with Crippen LogP contribution in [0.2, 0.25) is 0 Å². The van der Waals surface area contributed by atoms with E-state index in [2.05, 4.69) is 4.18 Å². The van der Waals surface area contributed by atoms with E-state index >= 15 is 0 Å². The first-order valence-corrected chi connectivity index (χ1v) is 13.6. The molecule has 0 aliphatic carbocycles. The third-order valence-corrected chi connectivity index (χ3v) is 7.86. The largest absolute Gasteiger partial charge is 0.508 e. The van der Waals surface area contributed by atoms with Gasteiger partial charge in [-0.15, -0.1) is 0 Å². The molecule has 2 aliphatic rings. The summed E-state index contributed by atoms with van der Waals surface area (Å²) in [6.45, 7) is 0. The number of hydrogen-bond donors (Lipinski definition) is 0. The Morgan fingerprint density at radius 2 is 1.20 bits per heavy atom. The maximum Gasteiger partial charge on any atom is 0.508 e. The first-order valence-electron chi connectivity index (χ1n) is 11.8. The standard InChI is InChI=1S/C28H16F6O5S2/c29-27(30,31)40-38-19-11-13-21-23(15-19)36-26(18-9-5-2-6-10-18)25(21,17-7-3-1-4-8-17)22-14-12-20(16-24(22)37-26)39-41(35)28(32,33)34/h1-16H. The molecule has 2 heterocycles. The Balaban J connectivity index is 1.57. The summed E-state index contributed by atoms with van der Waals surface area (Å²) in [6, 6.07) is 26.0. The normalized spacial score (nSPS) is 21.6. The van der Waals surface area contributed by atoms with Crippen molar-refractivity contribution in [1.29, 1.82) is 0 Å². The van der Waals surface area contributed by atoms with Gasteiger partial charge in [0.05, 0.1) is 0 Å². The second-order valence-corrected chi connectivity index (χ2v) is 10.9. The van der Waals surface area contributed by atoms with Crippen molar-refractivity contribution in [2.75, 3.05) is 0 Å². The Hall–Kier alpha value is -3.84. The van der Waals surface area contributed by atoms with Crippen molar-refractivity contribution in [1.82, 2.24) is 0 Å². The number of hydrogen-bond acceptors (Lipinski definition) is 6. The fourth-order valence-corrected chi connectivity index (χ4v) is 5.96. The van der Waals surface area contributed by atoms with E-state index < -0.39 is 45.3 Å². The lowest BCUT2D eigenvalue weighted by Gasteiger charge is -2.38. The zero-order valence-corrected chi connectivity index (χ0v) is 22.0. The van der Waals surface area contributed by atoms with E-state index in [0.717, 1.165) is 0 Å². The maximum atomic E-state index is 12.9. The highest BCUT2D eigenvalue weighted by atomic mass is 32.2. The maximum absolute atomic E-state index is 12.9. The predicted octanol–water partition coefficient (Wildman–Crippen LogP) is 7.77. The predicted molar refractivity (Wildman–Crippen MR) is 138 cm³/mol. The van der Waals surface area contributed by atoms with Crippen LogP contribution in [0.1, 0.15) is 22.3 Å². The molecule has 0 bridgehead atoms. The Morgan fingerprint density at radius 1 is 0.683 bits per heavy atom. The van der Waals surface area contributed by atoms with Crippen LogP contribution in [0.4, 0.5) is 26.3 Å². The van der Waals surface area contributed by atoms with Crippen molar-refractivity contribution in [2.24, 2.45) is 0 Å². The number of fused-ring (bicyclic) bond motifs is 5. The minimum absolute atomic E-state index is 0.105. The molecule has 0 aromatic heterocycles. The summed E-state index contributed by atoms with van der Waals surface area (Å²) < 4.78 is 111. The minimum atomic E-state index is -5.10. The Labute approximate surface area is 235 Å². The zero-order valence-electron chi connectivity index (χ0n) is 20.4. The third kappa shape index (κ3) is 4.47. The van der Waals surface area contributed by atoms with Crippen molar-refractivity contribution in [3.8, 4) is 23.0 Å². The molecule has 2 aliphatic heterocycles. The molecule has 0 saturated carbocycles. The number of rotatable bonds is 6. The molecule has 0 amide bonds. The fourth-order valence-electron chi connectivity index (χ4n) is 5.29. The van der Waals surface area contributed by atoms with Gasteiger partial charge in [-0.05, 0) is 17.7 Å². The highest BCUT2D eigenvalue weighted by Crippen LogP contribution is 2.67. The van der Waals surface area contributed by atoms with Crippen molar-refractivity contribution in [3.63, 3.8) is 0 Å². The van der Waals surface area contributed by atoms with Crippen LogP contribution in [0.25, 0.3) is 0 Å². The molecule has 3 atom stereocenters. The van der Waals surface area contributed by atoms with E-state index in [9.17, 15) is 30.6 Å². The van der Waals surface area contributed by atoms with Crippen LogP contribution in [0.15, 0.2) is 97.1 Å². The molecule has 41 heavy (non-hydrogen) atoms. The van der Waals surface area contributed by atoms with Crippen molar-refractivity contribution < 1.29 is 48.4 Å². The van der Waals surface area contributed by atoms with Gasteiger partial charge in [0.2, 0.25) is 0 Å². The average Bonchev–Trinajstić information content (AvgIpc) is 3.38. The first-order chi connectivity index (χ1) is 19.4. The molecule has 5 nitrogen and oxygen atoms in total. The second kappa shape index (κ2) is 9.62. The van der Waals surface area contributed by atoms with Crippen molar-refractivity contribution in [3.05, 3.63) is 119 Å². The lowest BCUT2D eigenvalue weighted by molar-refractivity contribution is -0.119. The van der Waals surface area contributed by atoms with Gasteiger partial charge in [0.15, 0.2) is 12.0 Å². The van der Waals surface area contributed by atoms with Crippen LogP contribution >= 0.6 is 12.0 Å². The molecular weight excluding hydrogens is 594 g/mol. The lowest BCUT2D eigenvalue weighted by Crippen LogP contribution is -2.50. The van der Waals surface area contributed by atoms with Crippen LogP contribution in [0, 0.1) is 0 Å². The lowest BCUT2D eigenvalue weighted by atomic mass is 9.64. The molecular formula is C28H16F6O5S2. The highest BCUT2D eigenvalue weighted by molar-refractivity contribution is 7.95. The molecule has 13 heteroatoms. The van der Waals surface area contributed by atoms with Gasteiger partial charge in [-0.3, -0.25) is 0 Å². The summed E-state index contributed by atoms with van der Waals surface area (Å²) in [5.41, 5.74) is -8.82. The molecule has 6 rings (SSSR count). The van der Waals surface area contributed by atoms with Gasteiger partial charge in [0.1, 0.15) is 28.4 Å². The molecule has 0 saturated heterocycles.